The molecule has 164 valence electrons. The summed E-state index contributed by atoms with van der Waals surface area (Å²) in [5.74, 6) is 0. The van der Waals surface area contributed by atoms with Crippen LogP contribution in [0.2, 0.25) is 25.7 Å². The van der Waals surface area contributed by atoms with Gasteiger partial charge in [-0.15, -0.1) is 0 Å². The fraction of sp³-hybridized carbons (Fsp3) is 0.800. The minimum absolute atomic E-state index is 0.188. The highest BCUT2D eigenvalue weighted by Crippen LogP contribution is 2.41. The van der Waals surface area contributed by atoms with Crippen molar-refractivity contribution in [3.63, 3.8) is 0 Å². The Labute approximate surface area is 189 Å². The Bertz CT molecular complexity index is 727. The van der Waals surface area contributed by atoms with Gasteiger partial charge in [0.25, 0.3) is 0 Å². The van der Waals surface area contributed by atoms with E-state index < -0.39 is 13.7 Å². The fourth-order valence-corrected chi connectivity index (χ4v) is 5.17. The number of hydrogen-bond acceptors (Lipinski definition) is 5. The highest BCUT2D eigenvalue weighted by molar-refractivity contribution is 14.1. The van der Waals surface area contributed by atoms with Crippen molar-refractivity contribution in [3.05, 3.63) is 15.5 Å². The Kier molecular flexibility index (Phi) is 6.72. The van der Waals surface area contributed by atoms with Gasteiger partial charge in [-0.2, -0.15) is 5.10 Å². The number of aromatic nitrogens is 2. The van der Waals surface area contributed by atoms with Crippen LogP contribution in [0.1, 0.15) is 26.3 Å². The van der Waals surface area contributed by atoms with E-state index in [9.17, 15) is 4.79 Å². The molecule has 0 aromatic carbocycles. The molecule has 7 nitrogen and oxygen atoms in total. The summed E-state index contributed by atoms with van der Waals surface area (Å²) in [6.45, 7) is 18.7. The molecule has 0 unspecified atom stereocenters. The lowest BCUT2D eigenvalue weighted by atomic mass is 9.73. The molecule has 2 saturated heterocycles. The van der Waals surface area contributed by atoms with Gasteiger partial charge in [-0.25, -0.2) is 9.48 Å². The molecule has 2 aliphatic rings. The zero-order valence-corrected chi connectivity index (χ0v) is 21.8. The van der Waals surface area contributed by atoms with Crippen LogP contribution in [-0.2, 0) is 22.7 Å². The highest BCUT2D eigenvalue weighted by atomic mass is 127. The van der Waals surface area contributed by atoms with Gasteiger partial charge in [-0.3, -0.25) is 4.90 Å². The summed E-state index contributed by atoms with van der Waals surface area (Å²) in [5.41, 5.74) is 1.08. The molecular weight excluding hydrogens is 499 g/mol. The molecule has 0 N–H and O–H groups in total. The smallest absolute Gasteiger partial charge is 0.410 e. The van der Waals surface area contributed by atoms with Gasteiger partial charge in [0, 0.05) is 64.6 Å². The van der Waals surface area contributed by atoms with E-state index in [1.807, 2.05) is 30.4 Å². The molecule has 1 aromatic heterocycles. The van der Waals surface area contributed by atoms with Crippen LogP contribution in [0, 0.1) is 9.12 Å². The first-order chi connectivity index (χ1) is 13.3. The Balaban J connectivity index is 1.39. The van der Waals surface area contributed by atoms with E-state index in [1.165, 1.54) is 11.6 Å². The second-order valence-electron chi connectivity index (χ2n) is 10.8. The van der Waals surface area contributed by atoms with Crippen LogP contribution in [0.4, 0.5) is 4.79 Å². The summed E-state index contributed by atoms with van der Waals surface area (Å²) in [5, 5.41) is 4.59. The Morgan fingerprint density at radius 1 is 1.24 bits per heavy atom. The summed E-state index contributed by atoms with van der Waals surface area (Å²) in [6, 6.07) is 1.17. The molecule has 0 aliphatic carbocycles. The van der Waals surface area contributed by atoms with Crippen molar-refractivity contribution in [3.8, 4) is 0 Å². The summed E-state index contributed by atoms with van der Waals surface area (Å²) < 4.78 is 14.2. The number of carbonyl (C=O) groups excluding carboxylic acids is 1. The van der Waals surface area contributed by atoms with Crippen LogP contribution in [-0.4, -0.2) is 72.1 Å². The zero-order chi connectivity index (χ0) is 21.4. The summed E-state index contributed by atoms with van der Waals surface area (Å²) >= 11 is 2.31. The minimum atomic E-state index is -1.05. The van der Waals surface area contributed by atoms with Gasteiger partial charge in [0.1, 0.15) is 16.0 Å². The largest absolute Gasteiger partial charge is 0.444 e. The zero-order valence-electron chi connectivity index (χ0n) is 18.6. The van der Waals surface area contributed by atoms with E-state index >= 15 is 0 Å². The normalized spacial score (nSPS) is 19.2. The lowest BCUT2D eigenvalue weighted by Crippen LogP contribution is -2.72. The third kappa shape index (κ3) is 6.41. The van der Waals surface area contributed by atoms with Crippen molar-refractivity contribution in [2.24, 2.45) is 5.41 Å². The topological polar surface area (TPSA) is 59.8 Å². The molecule has 0 saturated carbocycles. The van der Waals surface area contributed by atoms with Crippen LogP contribution in [0.5, 0.6) is 0 Å². The first kappa shape index (κ1) is 23.0. The molecule has 2 aliphatic heterocycles. The van der Waals surface area contributed by atoms with E-state index in [0.717, 1.165) is 43.0 Å². The van der Waals surface area contributed by atoms with Crippen LogP contribution < -0.4 is 0 Å². The minimum Gasteiger partial charge on any atom is -0.444 e. The van der Waals surface area contributed by atoms with E-state index in [1.54, 1.807) is 0 Å². The molecule has 1 amide bonds. The fourth-order valence-electron chi connectivity index (χ4n) is 3.82. The van der Waals surface area contributed by atoms with Gasteiger partial charge < -0.3 is 14.4 Å². The van der Waals surface area contributed by atoms with Crippen LogP contribution in [0.15, 0.2) is 6.20 Å². The first-order valence-corrected chi connectivity index (χ1v) is 15.1. The van der Waals surface area contributed by atoms with E-state index in [-0.39, 0.29) is 11.5 Å². The maximum Gasteiger partial charge on any atom is 0.410 e. The molecule has 0 radical (unpaired) electrons. The maximum absolute atomic E-state index is 12.1. The third-order valence-electron chi connectivity index (χ3n) is 5.22. The van der Waals surface area contributed by atoms with Crippen molar-refractivity contribution in [2.45, 2.75) is 65.3 Å². The van der Waals surface area contributed by atoms with E-state index in [4.69, 9.17) is 9.47 Å². The first-order valence-electron chi connectivity index (χ1n) is 10.3. The number of hydrogen-bond donors (Lipinski definition) is 0. The van der Waals surface area contributed by atoms with E-state index in [2.05, 4.69) is 58.4 Å². The molecular formula is C20H35IN4O3Si. The van der Waals surface area contributed by atoms with Gasteiger partial charge in [0.2, 0.25) is 0 Å². The molecule has 1 aromatic rings. The average Bonchev–Trinajstić information content (AvgIpc) is 2.82. The molecule has 29 heavy (non-hydrogen) atoms. The van der Waals surface area contributed by atoms with Crippen LogP contribution >= 0.6 is 22.6 Å². The number of ether oxygens (including phenoxy) is 2. The number of carbonyl (C=O) groups is 1. The quantitative estimate of drug-likeness (QED) is 0.302. The van der Waals surface area contributed by atoms with Crippen LogP contribution in [0.3, 0.4) is 0 Å². The number of halogens is 1. The predicted molar refractivity (Wildman–Crippen MR) is 125 cm³/mol. The Morgan fingerprint density at radius 3 is 2.48 bits per heavy atom. The molecule has 3 rings (SSSR count). The third-order valence-corrected chi connectivity index (χ3v) is 7.83. The SMILES string of the molecule is CC(C)(C)OC(=O)N1CC2(CN(Cc3cn(COCC[Si](C)(C)C)nc3I)C2)C1. The van der Waals surface area contributed by atoms with Crippen molar-refractivity contribution >= 4 is 36.8 Å². The van der Waals surface area contributed by atoms with Gasteiger partial charge in [0.15, 0.2) is 0 Å². The maximum atomic E-state index is 12.1. The standard InChI is InChI=1S/C20H35IN4O3Si/c1-19(2,3)28-18(26)24-13-20(14-24)11-23(12-20)9-16-10-25(22-17(16)21)15-27-7-8-29(4,5)6/h10H,7-9,11-15H2,1-6H3. The second kappa shape index (κ2) is 8.47. The lowest BCUT2D eigenvalue weighted by molar-refractivity contribution is -0.115. The Hall–Kier alpha value is -0.653. The van der Waals surface area contributed by atoms with Gasteiger partial charge in [-0.05, 0) is 49.4 Å². The number of likely N-dealkylation sites (tertiary alicyclic amines) is 2. The molecule has 0 bridgehead atoms. The van der Waals surface area contributed by atoms with Crippen molar-refractivity contribution in [1.82, 2.24) is 19.6 Å². The Morgan fingerprint density at radius 2 is 1.90 bits per heavy atom. The van der Waals surface area contributed by atoms with E-state index in [0.29, 0.717) is 6.73 Å². The number of amides is 1. The van der Waals surface area contributed by atoms with Gasteiger partial charge >= 0.3 is 6.09 Å². The summed E-state index contributed by atoms with van der Waals surface area (Å²) in [4.78, 5) is 16.4. The average molecular weight is 535 g/mol. The molecule has 3 heterocycles. The highest BCUT2D eigenvalue weighted by Gasteiger charge is 2.53. The summed E-state index contributed by atoms with van der Waals surface area (Å²) in [7, 11) is -1.05. The van der Waals surface area contributed by atoms with Crippen molar-refractivity contribution < 1.29 is 14.3 Å². The number of nitrogens with zero attached hydrogens (tertiary/aromatic N) is 4. The molecule has 1 spiro atoms. The lowest BCUT2D eigenvalue weighted by Gasteiger charge is -2.60. The van der Waals surface area contributed by atoms with Gasteiger partial charge in [0.05, 0.1) is 0 Å². The molecule has 9 heteroatoms. The van der Waals surface area contributed by atoms with Crippen LogP contribution in [0.25, 0.3) is 0 Å². The molecule has 2 fully saturated rings. The predicted octanol–water partition coefficient (Wildman–Crippen LogP) is 3.85. The number of rotatable bonds is 7. The molecule has 0 atom stereocenters. The summed E-state index contributed by atoms with van der Waals surface area (Å²) in [6.07, 6.45) is 1.92. The van der Waals surface area contributed by atoms with Crippen molar-refractivity contribution in [2.75, 3.05) is 32.8 Å². The second-order valence-corrected chi connectivity index (χ2v) is 17.5. The monoisotopic (exact) mass is 534 g/mol. The van der Waals surface area contributed by atoms with Crippen molar-refractivity contribution in [1.29, 1.82) is 0 Å². The van der Waals surface area contributed by atoms with Gasteiger partial charge in [-0.1, -0.05) is 19.6 Å².